The number of aliphatic hydroxyl groups excluding tert-OH is 1. The number of amides is 4. The standard InChI is InChI=1S/C31H34ClF5N8O4/c1-43-22(19-15-45(24-11-30(24,33)34)42-25(19)31(35,36)37)13-38-26(43)28(48)40-17-7-8-18(20(32)10-17)27(47)39-12-16-4-3-9-44(14-16)29(49)41-21-5-2-6-23(21)46/h7-8,10,13,15-16,21,23-24,46H,2-6,9,11-12,14H2,1H3,(H,39,47)(H,40,48)(H,41,49)/t16?,21-,23-,24?/m0/s1. The summed E-state index contributed by atoms with van der Waals surface area (Å²) in [7, 11) is 1.30. The van der Waals surface area contributed by atoms with Gasteiger partial charge in [0.15, 0.2) is 11.5 Å². The van der Waals surface area contributed by atoms with Crippen LogP contribution >= 0.6 is 11.6 Å². The Morgan fingerprint density at radius 3 is 2.53 bits per heavy atom. The van der Waals surface area contributed by atoms with Crippen molar-refractivity contribution in [3.8, 4) is 11.3 Å². The van der Waals surface area contributed by atoms with Gasteiger partial charge in [-0.25, -0.2) is 18.6 Å². The Morgan fingerprint density at radius 2 is 1.88 bits per heavy atom. The maximum atomic E-state index is 13.8. The highest BCUT2D eigenvalue weighted by molar-refractivity contribution is 6.34. The second-order valence-electron chi connectivity index (χ2n) is 12.7. The van der Waals surface area contributed by atoms with Crippen molar-refractivity contribution in [1.82, 2.24) is 34.9 Å². The van der Waals surface area contributed by atoms with E-state index >= 15 is 0 Å². The minimum absolute atomic E-state index is 0.00756. The first-order valence-electron chi connectivity index (χ1n) is 15.8. The van der Waals surface area contributed by atoms with Gasteiger partial charge in [0.1, 0.15) is 6.04 Å². The third-order valence-corrected chi connectivity index (χ3v) is 9.51. The second-order valence-corrected chi connectivity index (χ2v) is 13.2. The number of rotatable bonds is 8. The molecule has 0 radical (unpaired) electrons. The summed E-state index contributed by atoms with van der Waals surface area (Å²) in [4.78, 5) is 44.4. The molecule has 1 saturated heterocycles. The number of piperidine rings is 1. The fourth-order valence-electron chi connectivity index (χ4n) is 6.38. The van der Waals surface area contributed by atoms with E-state index in [4.69, 9.17) is 11.6 Å². The van der Waals surface area contributed by atoms with Crippen LogP contribution in [0.2, 0.25) is 5.02 Å². The Kier molecular flexibility index (Phi) is 9.34. The van der Waals surface area contributed by atoms with Crippen LogP contribution in [0.25, 0.3) is 11.3 Å². The summed E-state index contributed by atoms with van der Waals surface area (Å²) in [6.45, 7) is 1.32. The highest BCUT2D eigenvalue weighted by Gasteiger charge is 2.59. The van der Waals surface area contributed by atoms with Crippen molar-refractivity contribution in [3.05, 3.63) is 52.7 Å². The summed E-state index contributed by atoms with van der Waals surface area (Å²) < 4.78 is 70.1. The number of likely N-dealkylation sites (tertiary alicyclic amines) is 1. The lowest BCUT2D eigenvalue weighted by Gasteiger charge is -2.34. The van der Waals surface area contributed by atoms with E-state index in [-0.39, 0.29) is 45.8 Å². The number of alkyl halides is 5. The predicted octanol–water partition coefficient (Wildman–Crippen LogP) is 4.85. The number of halogens is 6. The highest BCUT2D eigenvalue weighted by atomic mass is 35.5. The van der Waals surface area contributed by atoms with Crippen LogP contribution in [0.3, 0.4) is 0 Å². The Labute approximate surface area is 282 Å². The number of imidazole rings is 1. The van der Waals surface area contributed by atoms with E-state index < -0.39 is 53.7 Å². The van der Waals surface area contributed by atoms with E-state index in [1.807, 2.05) is 0 Å². The summed E-state index contributed by atoms with van der Waals surface area (Å²) in [5, 5.41) is 21.7. The number of carbonyl (C=O) groups excluding carboxylic acids is 3. The average Bonchev–Trinajstić information content (AvgIpc) is 3.43. The van der Waals surface area contributed by atoms with Crippen molar-refractivity contribution < 1.29 is 41.4 Å². The number of urea groups is 1. The van der Waals surface area contributed by atoms with Gasteiger partial charge in [0.05, 0.1) is 40.2 Å². The number of carbonyl (C=O) groups is 3. The quantitative estimate of drug-likeness (QED) is 0.246. The molecule has 0 bridgehead atoms. The highest BCUT2D eigenvalue weighted by Crippen LogP contribution is 2.53. The van der Waals surface area contributed by atoms with Gasteiger partial charge in [-0.2, -0.15) is 18.3 Å². The molecule has 2 aliphatic carbocycles. The SMILES string of the molecule is Cn1c(-c2cn(C3CC3(F)F)nc2C(F)(F)F)cnc1C(=O)Nc1ccc(C(=O)NCC2CCCN(C(=O)N[C@H]3CCC[C@@H]3O)C2)c(Cl)c1. The van der Waals surface area contributed by atoms with Crippen LogP contribution in [-0.4, -0.2) is 84.9 Å². The molecular weight excluding hydrogens is 679 g/mol. The second kappa shape index (κ2) is 13.2. The first-order chi connectivity index (χ1) is 23.1. The zero-order valence-electron chi connectivity index (χ0n) is 26.2. The third-order valence-electron chi connectivity index (χ3n) is 9.20. The molecular formula is C31H34ClF5N8O4. The van der Waals surface area contributed by atoms with Crippen LogP contribution in [0, 0.1) is 5.92 Å². The van der Waals surface area contributed by atoms with Gasteiger partial charge in [-0.1, -0.05) is 11.6 Å². The summed E-state index contributed by atoms with van der Waals surface area (Å²) in [5.74, 6) is -4.69. The molecule has 18 heteroatoms. The normalized spacial score (nSPS) is 23.3. The molecule has 4 atom stereocenters. The number of benzene rings is 1. The fourth-order valence-corrected chi connectivity index (χ4v) is 6.64. The average molecular weight is 713 g/mol. The van der Waals surface area contributed by atoms with Gasteiger partial charge >= 0.3 is 12.2 Å². The van der Waals surface area contributed by atoms with Gasteiger partial charge in [0.25, 0.3) is 17.7 Å². The fraction of sp³-hybridized carbons (Fsp3) is 0.516. The number of nitrogens with one attached hydrogen (secondary N) is 3. The minimum Gasteiger partial charge on any atom is -0.391 e. The summed E-state index contributed by atoms with van der Waals surface area (Å²) in [5.41, 5.74) is -1.73. The maximum Gasteiger partial charge on any atom is 0.435 e. The van der Waals surface area contributed by atoms with Gasteiger partial charge in [0.2, 0.25) is 0 Å². The van der Waals surface area contributed by atoms with Crippen molar-refractivity contribution in [3.63, 3.8) is 0 Å². The monoisotopic (exact) mass is 712 g/mol. The zero-order valence-corrected chi connectivity index (χ0v) is 27.0. The van der Waals surface area contributed by atoms with E-state index in [2.05, 4.69) is 26.0 Å². The number of anilines is 1. The van der Waals surface area contributed by atoms with E-state index in [9.17, 15) is 41.4 Å². The third kappa shape index (κ3) is 7.37. The molecule has 264 valence electrons. The molecule has 2 unspecified atom stereocenters. The van der Waals surface area contributed by atoms with Gasteiger partial charge < -0.3 is 30.5 Å². The van der Waals surface area contributed by atoms with Gasteiger partial charge in [-0.05, 0) is 56.2 Å². The molecule has 3 aliphatic rings. The number of hydrogen-bond acceptors (Lipinski definition) is 6. The predicted molar refractivity (Wildman–Crippen MR) is 166 cm³/mol. The molecule has 12 nitrogen and oxygen atoms in total. The van der Waals surface area contributed by atoms with Gasteiger partial charge in [-0.3, -0.25) is 14.3 Å². The van der Waals surface area contributed by atoms with Crippen LogP contribution in [0.1, 0.15) is 71.2 Å². The van der Waals surface area contributed by atoms with Crippen LogP contribution in [-0.2, 0) is 13.2 Å². The molecule has 4 N–H and O–H groups in total. The van der Waals surface area contributed by atoms with Crippen molar-refractivity contribution in [1.29, 1.82) is 0 Å². The molecule has 49 heavy (non-hydrogen) atoms. The summed E-state index contributed by atoms with van der Waals surface area (Å²) in [6.07, 6.45) is -0.383. The Balaban J connectivity index is 1.06. The zero-order chi connectivity index (χ0) is 35.2. The largest absolute Gasteiger partial charge is 0.435 e. The number of nitrogens with zero attached hydrogens (tertiary/aromatic N) is 5. The van der Waals surface area contributed by atoms with Gasteiger partial charge in [0, 0.05) is 45.0 Å². The number of hydrogen-bond donors (Lipinski definition) is 4. The van der Waals surface area contributed by atoms with Crippen LogP contribution < -0.4 is 16.0 Å². The topological polar surface area (TPSA) is 146 Å². The van der Waals surface area contributed by atoms with Gasteiger partial charge in [-0.15, -0.1) is 0 Å². The van der Waals surface area contributed by atoms with Crippen LogP contribution in [0.15, 0.2) is 30.6 Å². The van der Waals surface area contributed by atoms with E-state index in [0.717, 1.165) is 42.6 Å². The molecule has 1 aliphatic heterocycles. The molecule has 2 aromatic heterocycles. The van der Waals surface area contributed by atoms with Crippen LogP contribution in [0.4, 0.5) is 32.4 Å². The summed E-state index contributed by atoms with van der Waals surface area (Å²) in [6, 6.07) is 2.20. The van der Waals surface area contributed by atoms with E-state index in [0.29, 0.717) is 30.7 Å². The lowest BCUT2D eigenvalue weighted by molar-refractivity contribution is -0.141. The lowest BCUT2D eigenvalue weighted by atomic mass is 9.98. The molecule has 2 saturated carbocycles. The van der Waals surface area contributed by atoms with Crippen molar-refractivity contribution in [2.24, 2.45) is 13.0 Å². The van der Waals surface area contributed by atoms with Crippen molar-refractivity contribution in [2.45, 2.75) is 68.8 Å². The molecule has 6 rings (SSSR count). The smallest absolute Gasteiger partial charge is 0.391 e. The Hall–Kier alpha value is -4.25. The first kappa shape index (κ1) is 34.6. The molecule has 1 aromatic carbocycles. The van der Waals surface area contributed by atoms with Crippen LogP contribution in [0.5, 0.6) is 0 Å². The minimum atomic E-state index is -4.95. The molecule has 4 amide bonds. The Morgan fingerprint density at radius 1 is 1.12 bits per heavy atom. The molecule has 0 spiro atoms. The maximum absolute atomic E-state index is 13.8. The van der Waals surface area contributed by atoms with E-state index in [1.165, 1.54) is 25.2 Å². The summed E-state index contributed by atoms with van der Waals surface area (Å²) >= 11 is 6.38. The molecule has 3 heterocycles. The number of aromatic nitrogens is 4. The van der Waals surface area contributed by atoms with Crippen molar-refractivity contribution in [2.75, 3.05) is 25.0 Å². The number of aliphatic hydroxyl groups is 1. The van der Waals surface area contributed by atoms with Crippen molar-refractivity contribution >= 4 is 35.1 Å². The lowest BCUT2D eigenvalue weighted by Crippen LogP contribution is -2.51. The molecule has 3 aromatic rings. The Bertz CT molecular complexity index is 1760. The van der Waals surface area contributed by atoms with E-state index in [1.54, 1.807) is 4.90 Å². The first-order valence-corrected chi connectivity index (χ1v) is 16.2. The molecule has 3 fully saturated rings.